The van der Waals surface area contributed by atoms with Crippen molar-refractivity contribution >= 4 is 11.6 Å². The molecule has 0 bridgehead atoms. The summed E-state index contributed by atoms with van der Waals surface area (Å²) in [7, 11) is 2.08. The summed E-state index contributed by atoms with van der Waals surface area (Å²) in [5, 5.41) is 4.84. The van der Waals surface area contributed by atoms with Crippen molar-refractivity contribution in [1.29, 1.82) is 0 Å². The smallest absolute Gasteiger partial charge is 0.125 e. The Morgan fingerprint density at radius 2 is 1.95 bits per heavy atom. The molecule has 4 nitrogen and oxygen atoms in total. The lowest BCUT2D eigenvalue weighted by Crippen LogP contribution is -2.28. The first-order valence-corrected chi connectivity index (χ1v) is 7.49. The lowest BCUT2D eigenvalue weighted by molar-refractivity contribution is 0.229. The van der Waals surface area contributed by atoms with E-state index < -0.39 is 0 Å². The Balaban J connectivity index is 1.73. The zero-order valence-corrected chi connectivity index (χ0v) is 13.6. The third-order valence-corrected chi connectivity index (χ3v) is 3.64. The van der Waals surface area contributed by atoms with E-state index in [4.69, 9.17) is 16.3 Å². The summed E-state index contributed by atoms with van der Waals surface area (Å²) >= 11 is 5.84. The van der Waals surface area contributed by atoms with Crippen molar-refractivity contribution in [3.05, 3.63) is 46.7 Å². The van der Waals surface area contributed by atoms with Crippen LogP contribution in [-0.4, -0.2) is 41.4 Å². The number of likely N-dealkylation sites (N-methyl/N-ethyl adjacent to an activating group) is 1. The third kappa shape index (κ3) is 4.76. The average Bonchev–Trinajstić information content (AvgIpc) is 2.85. The van der Waals surface area contributed by atoms with Crippen molar-refractivity contribution in [2.24, 2.45) is 0 Å². The molecule has 2 rings (SSSR count). The number of aromatic nitrogens is 2. The minimum absolute atomic E-state index is 0.677. The van der Waals surface area contributed by atoms with Crippen LogP contribution in [0.5, 0.6) is 5.75 Å². The zero-order chi connectivity index (χ0) is 15.2. The van der Waals surface area contributed by atoms with Crippen molar-refractivity contribution in [2.45, 2.75) is 20.4 Å². The largest absolute Gasteiger partial charge is 0.492 e. The molecule has 1 aromatic heterocycles. The highest BCUT2D eigenvalue weighted by atomic mass is 35.5. The van der Waals surface area contributed by atoms with Gasteiger partial charge in [0, 0.05) is 19.3 Å². The third-order valence-electron chi connectivity index (χ3n) is 3.44. The second kappa shape index (κ2) is 7.48. The molecular formula is C16H22ClN3O. The first-order valence-electron chi connectivity index (χ1n) is 7.12. The lowest BCUT2D eigenvalue weighted by Gasteiger charge is -2.18. The normalized spacial score (nSPS) is 11.1. The van der Waals surface area contributed by atoms with Gasteiger partial charge in [0.25, 0.3) is 0 Å². The van der Waals surface area contributed by atoms with Gasteiger partial charge in [-0.25, -0.2) is 0 Å². The fraction of sp³-hybridized carbons (Fsp3) is 0.438. The monoisotopic (exact) mass is 307 g/mol. The number of rotatable bonds is 7. The number of para-hydroxylation sites is 1. The van der Waals surface area contributed by atoms with Gasteiger partial charge in [-0.1, -0.05) is 29.8 Å². The van der Waals surface area contributed by atoms with Gasteiger partial charge in [0.15, 0.2) is 0 Å². The molecule has 0 saturated carbocycles. The maximum Gasteiger partial charge on any atom is 0.125 e. The zero-order valence-electron chi connectivity index (χ0n) is 12.8. The molecule has 0 spiro atoms. The SMILES string of the molecule is Cc1cccc(C)c1OCCN(C)CCn1cc(Cl)cn1. The highest BCUT2D eigenvalue weighted by Gasteiger charge is 2.05. The van der Waals surface area contributed by atoms with E-state index in [0.717, 1.165) is 25.4 Å². The van der Waals surface area contributed by atoms with Crippen LogP contribution in [0.3, 0.4) is 0 Å². The molecule has 1 aromatic carbocycles. The van der Waals surface area contributed by atoms with E-state index in [0.29, 0.717) is 11.6 Å². The van der Waals surface area contributed by atoms with Gasteiger partial charge in [-0.05, 0) is 32.0 Å². The van der Waals surface area contributed by atoms with Crippen LogP contribution in [0.2, 0.25) is 5.02 Å². The Labute approximate surface area is 131 Å². The number of nitrogens with zero attached hydrogens (tertiary/aromatic N) is 3. The fourth-order valence-corrected chi connectivity index (χ4v) is 2.33. The summed E-state index contributed by atoms with van der Waals surface area (Å²) < 4.78 is 7.76. The highest BCUT2D eigenvalue weighted by Crippen LogP contribution is 2.22. The Morgan fingerprint density at radius 1 is 1.24 bits per heavy atom. The van der Waals surface area contributed by atoms with E-state index in [1.54, 1.807) is 6.20 Å². The molecule has 0 amide bonds. The van der Waals surface area contributed by atoms with Gasteiger partial charge in [0.1, 0.15) is 12.4 Å². The molecule has 0 N–H and O–H groups in total. The second-order valence-electron chi connectivity index (χ2n) is 5.29. The van der Waals surface area contributed by atoms with Crippen molar-refractivity contribution in [1.82, 2.24) is 14.7 Å². The standard InChI is InChI=1S/C16H22ClN3O/c1-13-5-4-6-14(2)16(13)21-10-9-19(3)7-8-20-12-15(17)11-18-20/h4-6,11-12H,7-10H2,1-3H3. The molecule has 0 atom stereocenters. The van der Waals surface area contributed by atoms with Crippen LogP contribution in [0.4, 0.5) is 0 Å². The van der Waals surface area contributed by atoms with Gasteiger partial charge in [-0.3, -0.25) is 4.68 Å². The van der Waals surface area contributed by atoms with Crippen LogP contribution in [0.15, 0.2) is 30.6 Å². The van der Waals surface area contributed by atoms with E-state index in [1.807, 2.05) is 10.9 Å². The lowest BCUT2D eigenvalue weighted by atomic mass is 10.1. The summed E-state index contributed by atoms with van der Waals surface area (Å²) in [4.78, 5) is 2.23. The molecule has 2 aromatic rings. The number of hydrogen-bond donors (Lipinski definition) is 0. The number of ether oxygens (including phenoxy) is 1. The maximum atomic E-state index is 5.91. The topological polar surface area (TPSA) is 30.3 Å². The summed E-state index contributed by atoms with van der Waals surface area (Å²) in [5.41, 5.74) is 2.37. The first kappa shape index (κ1) is 15.9. The predicted molar refractivity (Wildman–Crippen MR) is 86.1 cm³/mol. The average molecular weight is 308 g/mol. The molecule has 0 radical (unpaired) electrons. The van der Waals surface area contributed by atoms with E-state index >= 15 is 0 Å². The van der Waals surface area contributed by atoms with Crippen molar-refractivity contribution < 1.29 is 4.74 Å². The second-order valence-corrected chi connectivity index (χ2v) is 5.73. The van der Waals surface area contributed by atoms with Gasteiger partial charge in [0.05, 0.1) is 17.8 Å². The van der Waals surface area contributed by atoms with Crippen molar-refractivity contribution in [2.75, 3.05) is 26.7 Å². The molecule has 0 unspecified atom stereocenters. The number of hydrogen-bond acceptors (Lipinski definition) is 3. The number of halogens is 1. The van der Waals surface area contributed by atoms with Gasteiger partial charge in [-0.15, -0.1) is 0 Å². The Bertz CT molecular complexity index is 562. The van der Waals surface area contributed by atoms with E-state index in [2.05, 4.69) is 49.1 Å². The summed E-state index contributed by atoms with van der Waals surface area (Å²) in [5.74, 6) is 1.00. The first-order chi connectivity index (χ1) is 10.1. The van der Waals surface area contributed by atoms with E-state index in [9.17, 15) is 0 Å². The van der Waals surface area contributed by atoms with Crippen LogP contribution < -0.4 is 4.74 Å². The van der Waals surface area contributed by atoms with Crippen LogP contribution in [0.1, 0.15) is 11.1 Å². The van der Waals surface area contributed by atoms with Gasteiger partial charge in [0.2, 0.25) is 0 Å². The van der Waals surface area contributed by atoms with Crippen molar-refractivity contribution in [3.63, 3.8) is 0 Å². The van der Waals surface area contributed by atoms with Crippen LogP contribution in [-0.2, 0) is 6.54 Å². The van der Waals surface area contributed by atoms with Gasteiger partial charge >= 0.3 is 0 Å². The fourth-order valence-electron chi connectivity index (χ4n) is 2.18. The Kier molecular flexibility index (Phi) is 5.65. The van der Waals surface area contributed by atoms with Crippen molar-refractivity contribution in [3.8, 4) is 5.75 Å². The molecule has 5 heteroatoms. The summed E-state index contributed by atoms with van der Waals surface area (Å²) in [6, 6.07) is 6.21. The molecular weight excluding hydrogens is 286 g/mol. The van der Waals surface area contributed by atoms with Gasteiger partial charge in [-0.2, -0.15) is 5.10 Å². The molecule has 21 heavy (non-hydrogen) atoms. The quantitative estimate of drug-likeness (QED) is 0.787. The molecule has 114 valence electrons. The van der Waals surface area contributed by atoms with Crippen LogP contribution in [0.25, 0.3) is 0 Å². The summed E-state index contributed by atoms with van der Waals surface area (Å²) in [6.07, 6.45) is 3.49. The maximum absolute atomic E-state index is 5.91. The Morgan fingerprint density at radius 3 is 2.57 bits per heavy atom. The number of aryl methyl sites for hydroxylation is 2. The molecule has 0 fully saturated rings. The molecule has 0 saturated heterocycles. The van der Waals surface area contributed by atoms with E-state index in [-0.39, 0.29) is 0 Å². The molecule has 0 aliphatic heterocycles. The molecule has 0 aliphatic carbocycles. The van der Waals surface area contributed by atoms with Crippen LogP contribution >= 0.6 is 11.6 Å². The number of benzene rings is 1. The molecule has 1 heterocycles. The predicted octanol–water partition coefficient (Wildman–Crippen LogP) is 3.16. The summed E-state index contributed by atoms with van der Waals surface area (Å²) in [6.45, 7) is 7.45. The minimum atomic E-state index is 0.677. The minimum Gasteiger partial charge on any atom is -0.492 e. The molecule has 0 aliphatic rings. The highest BCUT2D eigenvalue weighted by molar-refractivity contribution is 6.30. The van der Waals surface area contributed by atoms with Crippen LogP contribution in [0, 0.1) is 13.8 Å². The Hall–Kier alpha value is -1.52. The van der Waals surface area contributed by atoms with E-state index in [1.165, 1.54) is 11.1 Å². The van der Waals surface area contributed by atoms with Gasteiger partial charge < -0.3 is 9.64 Å².